The van der Waals surface area contributed by atoms with E-state index < -0.39 is 0 Å². The van der Waals surface area contributed by atoms with E-state index >= 15 is 0 Å². The minimum Gasteiger partial charge on any atom is -0.355 e. The Morgan fingerprint density at radius 2 is 1.73 bits per heavy atom. The Hall–Kier alpha value is -1.49. The lowest BCUT2D eigenvalue weighted by Gasteiger charge is -2.07. The molecule has 22 heavy (non-hydrogen) atoms. The first kappa shape index (κ1) is 18.6. The molecule has 0 aliphatic heterocycles. The van der Waals surface area contributed by atoms with E-state index in [1.807, 2.05) is 31.2 Å². The second kappa shape index (κ2) is 10.3. The van der Waals surface area contributed by atoms with E-state index in [1.54, 1.807) is 0 Å². The average molecular weight is 322 g/mol. The molecule has 0 aliphatic carbocycles. The lowest BCUT2D eigenvalue weighted by Crippen LogP contribution is -2.27. The fourth-order valence-electron chi connectivity index (χ4n) is 1.86. The molecule has 0 bridgehead atoms. The molecular weight excluding hydrogens is 296 g/mol. The van der Waals surface area contributed by atoms with Gasteiger partial charge in [0.1, 0.15) is 0 Å². The maximum absolute atomic E-state index is 11.8. The highest BCUT2D eigenvalue weighted by Crippen LogP contribution is 2.09. The van der Waals surface area contributed by atoms with Crippen molar-refractivity contribution in [3.63, 3.8) is 0 Å². The summed E-state index contributed by atoms with van der Waals surface area (Å²) in [6.45, 7) is 7.06. The van der Waals surface area contributed by atoms with E-state index in [0.29, 0.717) is 18.2 Å². The van der Waals surface area contributed by atoms with Crippen molar-refractivity contribution >= 4 is 29.3 Å². The standard InChI is InChI=1S/C17H26N2O2S/c1-13(2)5-4-10-18-16(20)11-22-12-17(21)19-15-8-6-14(3)7-9-15/h6-9,13H,4-5,10-12H2,1-3H3,(H,18,20)(H,19,21). The first-order valence-electron chi connectivity index (χ1n) is 7.68. The van der Waals surface area contributed by atoms with Gasteiger partial charge in [0.15, 0.2) is 0 Å². The van der Waals surface area contributed by atoms with Crippen LogP contribution in [0.2, 0.25) is 0 Å². The Kier molecular flexibility index (Phi) is 8.67. The van der Waals surface area contributed by atoms with Gasteiger partial charge in [0, 0.05) is 12.2 Å². The van der Waals surface area contributed by atoms with Crippen molar-refractivity contribution in [2.24, 2.45) is 5.92 Å². The predicted octanol–water partition coefficient (Wildman–Crippen LogP) is 3.22. The first-order chi connectivity index (χ1) is 10.5. The van der Waals surface area contributed by atoms with Gasteiger partial charge in [-0.25, -0.2) is 0 Å². The number of carbonyl (C=O) groups excluding carboxylic acids is 2. The van der Waals surface area contributed by atoms with E-state index in [9.17, 15) is 9.59 Å². The van der Waals surface area contributed by atoms with Crippen LogP contribution < -0.4 is 10.6 Å². The fraction of sp³-hybridized carbons (Fsp3) is 0.529. The summed E-state index contributed by atoms with van der Waals surface area (Å²) in [6.07, 6.45) is 2.12. The molecule has 0 aliphatic rings. The van der Waals surface area contributed by atoms with Gasteiger partial charge in [-0.1, -0.05) is 31.5 Å². The number of thioether (sulfide) groups is 1. The first-order valence-corrected chi connectivity index (χ1v) is 8.84. The maximum atomic E-state index is 11.8. The van der Waals surface area contributed by atoms with Crippen LogP contribution in [0.5, 0.6) is 0 Å². The number of nitrogens with one attached hydrogen (secondary N) is 2. The zero-order valence-corrected chi connectivity index (χ0v) is 14.5. The van der Waals surface area contributed by atoms with Gasteiger partial charge in [0.2, 0.25) is 11.8 Å². The number of anilines is 1. The monoisotopic (exact) mass is 322 g/mol. The van der Waals surface area contributed by atoms with E-state index in [1.165, 1.54) is 11.8 Å². The van der Waals surface area contributed by atoms with Crippen molar-refractivity contribution in [1.82, 2.24) is 5.32 Å². The topological polar surface area (TPSA) is 58.2 Å². The fourth-order valence-corrected chi connectivity index (χ4v) is 2.51. The normalized spacial score (nSPS) is 10.5. The van der Waals surface area contributed by atoms with Crippen LogP contribution in [0.15, 0.2) is 24.3 Å². The van der Waals surface area contributed by atoms with Gasteiger partial charge in [-0.15, -0.1) is 11.8 Å². The number of rotatable bonds is 9. The molecule has 0 aromatic heterocycles. The third kappa shape index (κ3) is 8.72. The zero-order chi connectivity index (χ0) is 16.4. The molecule has 0 atom stereocenters. The van der Waals surface area contributed by atoms with Crippen LogP contribution in [0.3, 0.4) is 0 Å². The van der Waals surface area contributed by atoms with Crippen molar-refractivity contribution < 1.29 is 9.59 Å². The average Bonchev–Trinajstić information content (AvgIpc) is 2.46. The van der Waals surface area contributed by atoms with Gasteiger partial charge in [-0.05, 0) is 37.8 Å². The Morgan fingerprint density at radius 3 is 2.36 bits per heavy atom. The smallest absolute Gasteiger partial charge is 0.234 e. The molecule has 2 N–H and O–H groups in total. The molecular formula is C17H26N2O2S. The van der Waals surface area contributed by atoms with Crippen molar-refractivity contribution in [3.05, 3.63) is 29.8 Å². The quantitative estimate of drug-likeness (QED) is 0.686. The second-order valence-electron chi connectivity index (χ2n) is 5.79. The third-order valence-corrected chi connectivity index (χ3v) is 4.01. The highest BCUT2D eigenvalue weighted by atomic mass is 32.2. The van der Waals surface area contributed by atoms with Crippen molar-refractivity contribution in [1.29, 1.82) is 0 Å². The lowest BCUT2D eigenvalue weighted by molar-refractivity contribution is -0.118. The third-order valence-electron chi connectivity index (χ3n) is 3.08. The summed E-state index contributed by atoms with van der Waals surface area (Å²) < 4.78 is 0. The molecule has 0 heterocycles. The molecule has 4 nitrogen and oxygen atoms in total. The Morgan fingerprint density at radius 1 is 1.09 bits per heavy atom. The predicted molar refractivity (Wildman–Crippen MR) is 94.2 cm³/mol. The van der Waals surface area contributed by atoms with Crippen molar-refractivity contribution in [2.45, 2.75) is 33.6 Å². The number of amides is 2. The molecule has 0 saturated heterocycles. The van der Waals surface area contributed by atoms with Gasteiger partial charge >= 0.3 is 0 Å². The summed E-state index contributed by atoms with van der Waals surface area (Å²) in [5, 5.41) is 5.69. The van der Waals surface area contributed by atoms with Crippen molar-refractivity contribution in [2.75, 3.05) is 23.4 Å². The largest absolute Gasteiger partial charge is 0.355 e. The van der Waals surface area contributed by atoms with Crippen LogP contribution in [-0.2, 0) is 9.59 Å². The minimum absolute atomic E-state index is 0.00288. The molecule has 0 spiro atoms. The van der Waals surface area contributed by atoms with Crippen molar-refractivity contribution in [3.8, 4) is 0 Å². The SMILES string of the molecule is Cc1ccc(NC(=O)CSCC(=O)NCCCC(C)C)cc1. The Bertz CT molecular complexity index is 472. The molecule has 2 amide bonds. The van der Waals surface area contributed by atoms with Gasteiger partial charge in [0.25, 0.3) is 0 Å². The van der Waals surface area contributed by atoms with Crippen LogP contribution in [0.25, 0.3) is 0 Å². The van der Waals surface area contributed by atoms with Crippen LogP contribution in [0.4, 0.5) is 5.69 Å². The number of benzene rings is 1. The molecule has 0 fully saturated rings. The van der Waals surface area contributed by atoms with Crippen LogP contribution in [-0.4, -0.2) is 29.9 Å². The summed E-state index contributed by atoms with van der Waals surface area (Å²) in [6, 6.07) is 7.65. The second-order valence-corrected chi connectivity index (χ2v) is 6.78. The van der Waals surface area contributed by atoms with Gasteiger partial charge in [-0.2, -0.15) is 0 Å². The molecule has 1 aromatic rings. The van der Waals surface area contributed by atoms with Gasteiger partial charge < -0.3 is 10.6 Å². The number of hydrogen-bond acceptors (Lipinski definition) is 3. The summed E-state index contributed by atoms with van der Waals surface area (Å²) in [7, 11) is 0. The maximum Gasteiger partial charge on any atom is 0.234 e. The molecule has 1 rings (SSSR count). The lowest BCUT2D eigenvalue weighted by atomic mass is 10.1. The van der Waals surface area contributed by atoms with Gasteiger partial charge in [-0.3, -0.25) is 9.59 Å². The summed E-state index contributed by atoms with van der Waals surface area (Å²) in [5.74, 6) is 1.19. The summed E-state index contributed by atoms with van der Waals surface area (Å²) >= 11 is 1.33. The minimum atomic E-state index is -0.0820. The van der Waals surface area contributed by atoms with E-state index in [-0.39, 0.29) is 17.6 Å². The molecule has 122 valence electrons. The van der Waals surface area contributed by atoms with E-state index in [0.717, 1.165) is 24.1 Å². The highest BCUT2D eigenvalue weighted by molar-refractivity contribution is 8.00. The van der Waals surface area contributed by atoms with Gasteiger partial charge in [0.05, 0.1) is 11.5 Å². The molecule has 0 unspecified atom stereocenters. The zero-order valence-electron chi connectivity index (χ0n) is 13.6. The van der Waals surface area contributed by atoms with Crippen LogP contribution in [0, 0.1) is 12.8 Å². The van der Waals surface area contributed by atoms with E-state index in [2.05, 4.69) is 24.5 Å². The molecule has 1 aromatic carbocycles. The molecule has 5 heteroatoms. The summed E-state index contributed by atoms with van der Waals surface area (Å²) in [4.78, 5) is 23.4. The number of hydrogen-bond donors (Lipinski definition) is 2. The number of carbonyl (C=O) groups is 2. The highest BCUT2D eigenvalue weighted by Gasteiger charge is 2.06. The number of aryl methyl sites for hydroxylation is 1. The van der Waals surface area contributed by atoms with E-state index in [4.69, 9.17) is 0 Å². The summed E-state index contributed by atoms with van der Waals surface area (Å²) in [5.41, 5.74) is 1.94. The Balaban J connectivity index is 2.11. The molecule has 0 saturated carbocycles. The Labute approximate surface area is 137 Å². The van der Waals surface area contributed by atoms with Crippen LogP contribution in [0.1, 0.15) is 32.3 Å². The van der Waals surface area contributed by atoms with Crippen LogP contribution >= 0.6 is 11.8 Å². The molecule has 0 radical (unpaired) electrons.